The molecule has 4 nitrogen and oxygen atoms in total. The van der Waals surface area contributed by atoms with Crippen molar-refractivity contribution in [1.82, 2.24) is 0 Å². The topological polar surface area (TPSA) is 36.9 Å². The summed E-state index contributed by atoms with van der Waals surface area (Å²) in [6.07, 6.45) is 1.80. The summed E-state index contributed by atoms with van der Waals surface area (Å²) in [4.78, 5) is 22.8. The predicted molar refractivity (Wildman–Crippen MR) is 83.3 cm³/mol. The first-order valence-electron chi connectivity index (χ1n) is 8.10. The lowest BCUT2D eigenvalue weighted by atomic mass is 9.71. The van der Waals surface area contributed by atoms with Crippen LogP contribution in [-0.2, 0) is 19.6 Å². The molecule has 3 atom stereocenters. The van der Waals surface area contributed by atoms with Crippen molar-refractivity contribution in [3.63, 3.8) is 0 Å². The Balaban J connectivity index is 2.88. The Kier molecular flexibility index (Phi) is 5.87. The first kappa shape index (κ1) is 18.9. The van der Waals surface area contributed by atoms with Crippen LogP contribution in [0.25, 0.3) is 0 Å². The van der Waals surface area contributed by atoms with Gasteiger partial charge >= 0.3 is 0 Å². The SMILES string of the molecule is CC1CCC(OOC(C)(C)C)(OOC(C)(C)C)C(C)C1C. The van der Waals surface area contributed by atoms with Gasteiger partial charge in [0, 0.05) is 12.3 Å². The molecule has 1 saturated carbocycles. The van der Waals surface area contributed by atoms with Crippen LogP contribution in [0.1, 0.15) is 75.2 Å². The van der Waals surface area contributed by atoms with Gasteiger partial charge in [0.15, 0.2) is 0 Å². The Morgan fingerprint density at radius 2 is 1.24 bits per heavy atom. The molecule has 3 unspecified atom stereocenters. The second-order valence-electron chi connectivity index (χ2n) is 8.53. The van der Waals surface area contributed by atoms with Gasteiger partial charge in [0.05, 0.1) is 11.2 Å². The van der Waals surface area contributed by atoms with E-state index >= 15 is 0 Å². The van der Waals surface area contributed by atoms with Crippen LogP contribution < -0.4 is 0 Å². The molecule has 0 spiro atoms. The zero-order valence-corrected chi connectivity index (χ0v) is 15.3. The number of hydrogen-bond acceptors (Lipinski definition) is 4. The molecule has 0 aromatic carbocycles. The van der Waals surface area contributed by atoms with Crippen molar-refractivity contribution < 1.29 is 19.6 Å². The molecule has 1 aliphatic rings. The van der Waals surface area contributed by atoms with E-state index in [0.29, 0.717) is 11.8 Å². The Morgan fingerprint density at radius 1 is 0.810 bits per heavy atom. The smallest absolute Gasteiger partial charge is 0.228 e. The van der Waals surface area contributed by atoms with E-state index in [9.17, 15) is 0 Å². The van der Waals surface area contributed by atoms with Crippen molar-refractivity contribution in [2.75, 3.05) is 0 Å². The lowest BCUT2D eigenvalue weighted by Crippen LogP contribution is -2.51. The molecule has 0 aromatic rings. The highest BCUT2D eigenvalue weighted by molar-refractivity contribution is 4.87. The minimum atomic E-state index is -0.841. The third kappa shape index (κ3) is 5.51. The molecule has 0 aliphatic heterocycles. The molecule has 126 valence electrons. The third-order valence-corrected chi connectivity index (χ3v) is 4.19. The van der Waals surface area contributed by atoms with E-state index in [1.54, 1.807) is 0 Å². The van der Waals surface area contributed by atoms with E-state index in [4.69, 9.17) is 19.6 Å². The van der Waals surface area contributed by atoms with E-state index in [1.807, 2.05) is 41.5 Å². The maximum Gasteiger partial charge on any atom is 0.236 e. The fraction of sp³-hybridized carbons (Fsp3) is 1.00. The minimum absolute atomic E-state index is 0.186. The monoisotopic (exact) mass is 302 g/mol. The largest absolute Gasteiger partial charge is 0.236 e. The molecule has 21 heavy (non-hydrogen) atoms. The van der Waals surface area contributed by atoms with E-state index in [1.165, 1.54) is 0 Å². The molecule has 0 N–H and O–H groups in total. The number of rotatable bonds is 4. The van der Waals surface area contributed by atoms with Gasteiger partial charge in [0.1, 0.15) is 0 Å². The fourth-order valence-electron chi connectivity index (χ4n) is 2.45. The first-order chi connectivity index (χ1) is 9.36. The Hall–Kier alpha value is -0.160. The van der Waals surface area contributed by atoms with Crippen LogP contribution in [0.3, 0.4) is 0 Å². The molecule has 0 amide bonds. The summed E-state index contributed by atoms with van der Waals surface area (Å²) in [6, 6.07) is 0. The van der Waals surface area contributed by atoms with E-state index in [2.05, 4.69) is 20.8 Å². The van der Waals surface area contributed by atoms with Gasteiger partial charge in [-0.2, -0.15) is 9.78 Å². The molecule has 4 heteroatoms. The maximum atomic E-state index is 5.81. The molecule has 0 radical (unpaired) electrons. The Morgan fingerprint density at radius 3 is 1.62 bits per heavy atom. The van der Waals surface area contributed by atoms with Crippen molar-refractivity contribution in [3.8, 4) is 0 Å². The molecular weight excluding hydrogens is 268 g/mol. The summed E-state index contributed by atoms with van der Waals surface area (Å²) in [7, 11) is 0. The second kappa shape index (κ2) is 6.53. The summed E-state index contributed by atoms with van der Waals surface area (Å²) in [5.74, 6) is 0.466. The highest BCUT2D eigenvalue weighted by Crippen LogP contribution is 2.45. The van der Waals surface area contributed by atoms with Crippen molar-refractivity contribution >= 4 is 0 Å². The van der Waals surface area contributed by atoms with Gasteiger partial charge in [-0.25, -0.2) is 9.78 Å². The minimum Gasteiger partial charge on any atom is -0.228 e. The normalized spacial score (nSPS) is 30.4. The lowest BCUT2D eigenvalue weighted by Gasteiger charge is -2.46. The molecule has 1 fully saturated rings. The van der Waals surface area contributed by atoms with Crippen LogP contribution in [-0.4, -0.2) is 17.0 Å². The van der Waals surface area contributed by atoms with Gasteiger partial charge in [0.25, 0.3) is 0 Å². The second-order valence-corrected chi connectivity index (χ2v) is 8.53. The first-order valence-corrected chi connectivity index (χ1v) is 8.10. The van der Waals surface area contributed by atoms with E-state index < -0.39 is 5.79 Å². The van der Waals surface area contributed by atoms with Crippen molar-refractivity contribution in [2.24, 2.45) is 17.8 Å². The average Bonchev–Trinajstić information content (AvgIpc) is 2.32. The molecule has 0 bridgehead atoms. The predicted octanol–water partition coefficient (Wildman–Crippen LogP) is 4.88. The maximum absolute atomic E-state index is 5.81. The fourth-order valence-corrected chi connectivity index (χ4v) is 2.45. The van der Waals surface area contributed by atoms with Crippen LogP contribution in [0, 0.1) is 17.8 Å². The van der Waals surface area contributed by atoms with Gasteiger partial charge in [-0.15, -0.1) is 0 Å². The summed E-state index contributed by atoms with van der Waals surface area (Å²) in [6.45, 7) is 18.4. The summed E-state index contributed by atoms with van der Waals surface area (Å²) < 4.78 is 0. The van der Waals surface area contributed by atoms with Crippen molar-refractivity contribution in [3.05, 3.63) is 0 Å². The molecule has 0 heterocycles. The van der Waals surface area contributed by atoms with E-state index in [-0.39, 0.29) is 17.1 Å². The summed E-state index contributed by atoms with van der Waals surface area (Å²) >= 11 is 0. The highest BCUT2D eigenvalue weighted by atomic mass is 17.3. The van der Waals surface area contributed by atoms with Gasteiger partial charge in [0.2, 0.25) is 5.79 Å². The molecule has 0 saturated heterocycles. The molecule has 1 aliphatic carbocycles. The van der Waals surface area contributed by atoms with Crippen LogP contribution in [0.4, 0.5) is 0 Å². The lowest BCUT2D eigenvalue weighted by molar-refractivity contribution is -0.558. The quantitative estimate of drug-likeness (QED) is 0.421. The van der Waals surface area contributed by atoms with Crippen LogP contribution in [0.5, 0.6) is 0 Å². The van der Waals surface area contributed by atoms with Gasteiger partial charge < -0.3 is 0 Å². The van der Waals surface area contributed by atoms with E-state index in [0.717, 1.165) is 12.8 Å². The molecular formula is C17H34O4. The summed E-state index contributed by atoms with van der Waals surface area (Å²) in [5.41, 5.74) is -0.770. The molecule has 0 aromatic heterocycles. The zero-order chi connectivity index (χ0) is 16.5. The third-order valence-electron chi connectivity index (χ3n) is 4.19. The van der Waals surface area contributed by atoms with Gasteiger partial charge in [-0.1, -0.05) is 20.8 Å². The van der Waals surface area contributed by atoms with Crippen LogP contribution >= 0.6 is 0 Å². The van der Waals surface area contributed by atoms with Crippen LogP contribution in [0.15, 0.2) is 0 Å². The number of hydrogen-bond donors (Lipinski definition) is 0. The zero-order valence-electron chi connectivity index (χ0n) is 15.3. The Bertz CT molecular complexity index is 309. The van der Waals surface area contributed by atoms with Crippen molar-refractivity contribution in [1.29, 1.82) is 0 Å². The Labute approximate surface area is 130 Å². The standard InChI is InChI=1S/C17H34O4/c1-12-10-11-17(14(3)13(12)2,20-18-15(4,5)6)21-19-16(7,8)9/h12-14H,10-11H2,1-9H3. The van der Waals surface area contributed by atoms with Crippen LogP contribution in [0.2, 0.25) is 0 Å². The average molecular weight is 302 g/mol. The molecule has 1 rings (SSSR count). The van der Waals surface area contributed by atoms with Crippen molar-refractivity contribution in [2.45, 2.75) is 92.1 Å². The summed E-state index contributed by atoms with van der Waals surface area (Å²) in [5, 5.41) is 0. The highest BCUT2D eigenvalue weighted by Gasteiger charge is 2.50. The van der Waals surface area contributed by atoms with Gasteiger partial charge in [-0.3, -0.25) is 0 Å². The van der Waals surface area contributed by atoms with Gasteiger partial charge in [-0.05, 0) is 59.8 Å².